The highest BCUT2D eigenvalue weighted by Crippen LogP contribution is 2.41. The molecule has 0 amide bonds. The second-order valence-electron chi connectivity index (χ2n) is 10.7. The van der Waals surface area contributed by atoms with E-state index in [0.717, 1.165) is 89.8 Å². The molecule has 0 spiro atoms. The molecule has 0 saturated heterocycles. The van der Waals surface area contributed by atoms with Crippen molar-refractivity contribution >= 4 is 68.6 Å². The maximum absolute atomic E-state index is 6.58. The van der Waals surface area contributed by atoms with Crippen LogP contribution in [0, 0.1) is 23.7 Å². The molecule has 0 fully saturated rings. The molecule has 0 bridgehead atoms. The van der Waals surface area contributed by atoms with Gasteiger partial charge in [-0.15, -0.1) is 0 Å². The van der Waals surface area contributed by atoms with E-state index in [-0.39, 0.29) is 0 Å². The van der Waals surface area contributed by atoms with Crippen LogP contribution >= 0.6 is 47.0 Å². The van der Waals surface area contributed by atoms with Gasteiger partial charge in [-0.2, -0.15) is 47.0 Å². The Bertz CT molecular complexity index is 1790. The predicted octanol–water partition coefficient (Wildman–Crippen LogP) is 10.5. The maximum atomic E-state index is 6.58. The maximum Gasteiger partial charge on any atom is 0.128 e. The molecule has 0 aliphatic carbocycles. The molecule has 5 rings (SSSR count). The van der Waals surface area contributed by atoms with Gasteiger partial charge in [0.05, 0.1) is 13.2 Å². The summed E-state index contributed by atoms with van der Waals surface area (Å²) in [6.45, 7) is 5.67. The lowest BCUT2D eigenvalue weighted by Crippen LogP contribution is -2.05. The standard InChI is InChI=1S/C42H42O2S4/c1-3-45-29-31-47-27-25-43-39-19-11-17-36-35(23-21-33-13-7-5-8-14-33)37-18-12-20-40(44-26-28-48-32-30-46-4-2)42(37)38(41(36)39)24-22-34-15-9-6-10-16-34/h5-20H,3-4,25-32H2,1-2H3. The Morgan fingerprint density at radius 1 is 0.438 bits per heavy atom. The molecular formula is C42H42O2S4. The Balaban J connectivity index is 1.63. The molecule has 0 heterocycles. The van der Waals surface area contributed by atoms with Crippen molar-refractivity contribution in [3.8, 4) is 35.2 Å². The van der Waals surface area contributed by atoms with E-state index >= 15 is 0 Å². The summed E-state index contributed by atoms with van der Waals surface area (Å²) in [6.07, 6.45) is 0. The van der Waals surface area contributed by atoms with Gasteiger partial charge in [0.2, 0.25) is 0 Å². The van der Waals surface area contributed by atoms with Crippen LogP contribution < -0.4 is 9.47 Å². The van der Waals surface area contributed by atoms with E-state index in [0.29, 0.717) is 13.2 Å². The predicted molar refractivity (Wildman–Crippen MR) is 218 cm³/mol. The van der Waals surface area contributed by atoms with E-state index in [9.17, 15) is 0 Å². The van der Waals surface area contributed by atoms with Crippen molar-refractivity contribution in [1.29, 1.82) is 0 Å². The fourth-order valence-electron chi connectivity index (χ4n) is 5.23. The minimum absolute atomic E-state index is 0.626. The highest BCUT2D eigenvalue weighted by atomic mass is 32.2. The van der Waals surface area contributed by atoms with E-state index in [1.807, 2.05) is 108 Å². The average Bonchev–Trinajstić information content (AvgIpc) is 3.13. The third-order valence-corrected chi connectivity index (χ3v) is 11.6. The third-order valence-electron chi connectivity index (χ3n) is 7.43. The molecule has 2 nitrogen and oxygen atoms in total. The third kappa shape index (κ3) is 10.4. The molecule has 0 N–H and O–H groups in total. The first-order chi connectivity index (χ1) is 23.8. The van der Waals surface area contributed by atoms with E-state index < -0.39 is 0 Å². The molecule has 0 radical (unpaired) electrons. The first-order valence-electron chi connectivity index (χ1n) is 16.5. The molecule has 5 aromatic rings. The normalized spacial score (nSPS) is 10.7. The summed E-state index contributed by atoms with van der Waals surface area (Å²) in [4.78, 5) is 0. The average molecular weight is 707 g/mol. The van der Waals surface area contributed by atoms with E-state index in [1.165, 1.54) is 11.5 Å². The summed E-state index contributed by atoms with van der Waals surface area (Å²) in [5, 5.41) is 4.04. The molecule has 48 heavy (non-hydrogen) atoms. The van der Waals surface area contributed by atoms with Gasteiger partial charge in [-0.25, -0.2) is 0 Å². The molecule has 0 aliphatic heterocycles. The second-order valence-corrected chi connectivity index (χ2v) is 15.9. The minimum Gasteiger partial charge on any atom is -0.492 e. The molecule has 0 unspecified atom stereocenters. The number of rotatable bonds is 16. The van der Waals surface area contributed by atoms with Crippen molar-refractivity contribution in [3.05, 3.63) is 119 Å². The minimum atomic E-state index is 0.626. The Hall–Kier alpha value is -3.26. The van der Waals surface area contributed by atoms with Crippen LogP contribution in [0.15, 0.2) is 97.1 Å². The van der Waals surface area contributed by atoms with Gasteiger partial charge in [-0.05, 0) is 47.9 Å². The van der Waals surface area contributed by atoms with Crippen molar-refractivity contribution < 1.29 is 9.47 Å². The smallest absolute Gasteiger partial charge is 0.128 e. The van der Waals surface area contributed by atoms with E-state index in [1.54, 1.807) is 0 Å². The molecule has 6 heteroatoms. The summed E-state index contributed by atoms with van der Waals surface area (Å²) in [5.41, 5.74) is 3.82. The van der Waals surface area contributed by atoms with Gasteiger partial charge in [0, 0.05) is 78.3 Å². The number of thioether (sulfide) groups is 4. The Morgan fingerprint density at radius 2 is 0.875 bits per heavy atom. The summed E-state index contributed by atoms with van der Waals surface area (Å²) >= 11 is 7.85. The van der Waals surface area contributed by atoms with Crippen LogP contribution in [0.1, 0.15) is 36.1 Å². The van der Waals surface area contributed by atoms with E-state index in [4.69, 9.17) is 9.47 Å². The van der Waals surface area contributed by atoms with Crippen LogP contribution in [0.5, 0.6) is 11.5 Å². The zero-order chi connectivity index (χ0) is 33.2. The van der Waals surface area contributed by atoms with Gasteiger partial charge in [0.1, 0.15) is 11.5 Å². The van der Waals surface area contributed by atoms with Gasteiger partial charge >= 0.3 is 0 Å². The molecular weight excluding hydrogens is 665 g/mol. The lowest BCUT2D eigenvalue weighted by atomic mass is 9.90. The summed E-state index contributed by atoms with van der Waals surface area (Å²) in [7, 11) is 0. The number of fused-ring (bicyclic) bond motifs is 2. The van der Waals surface area contributed by atoms with Gasteiger partial charge in [-0.3, -0.25) is 0 Å². The fourth-order valence-corrected chi connectivity index (χ4v) is 8.50. The fraction of sp³-hybridized carbons (Fsp3) is 0.286. The summed E-state index contributed by atoms with van der Waals surface area (Å²) < 4.78 is 13.2. The number of hydrogen-bond donors (Lipinski definition) is 0. The summed E-state index contributed by atoms with van der Waals surface area (Å²) in [5.74, 6) is 24.5. The quantitative estimate of drug-likeness (QED) is 0.0574. The topological polar surface area (TPSA) is 18.5 Å². The lowest BCUT2D eigenvalue weighted by molar-refractivity contribution is 0.347. The van der Waals surface area contributed by atoms with E-state index in [2.05, 4.69) is 73.9 Å². The van der Waals surface area contributed by atoms with Crippen molar-refractivity contribution in [3.63, 3.8) is 0 Å². The van der Waals surface area contributed by atoms with Crippen LogP contribution in [0.4, 0.5) is 0 Å². The van der Waals surface area contributed by atoms with Gasteiger partial charge < -0.3 is 9.47 Å². The van der Waals surface area contributed by atoms with Crippen LogP contribution in [-0.4, -0.2) is 59.2 Å². The highest BCUT2D eigenvalue weighted by Gasteiger charge is 2.19. The highest BCUT2D eigenvalue weighted by molar-refractivity contribution is 8.03. The molecule has 0 atom stereocenters. The largest absolute Gasteiger partial charge is 0.492 e. The second kappa shape index (κ2) is 20.3. The molecule has 246 valence electrons. The van der Waals surface area contributed by atoms with Gasteiger partial charge in [0.25, 0.3) is 0 Å². The zero-order valence-corrected chi connectivity index (χ0v) is 31.0. The molecule has 0 aliphatic rings. The van der Waals surface area contributed by atoms with Crippen LogP contribution in [-0.2, 0) is 0 Å². The number of ether oxygens (including phenoxy) is 2. The molecule has 0 aromatic heterocycles. The van der Waals surface area contributed by atoms with Crippen LogP contribution in [0.3, 0.4) is 0 Å². The van der Waals surface area contributed by atoms with Crippen molar-refractivity contribution in [1.82, 2.24) is 0 Å². The zero-order valence-electron chi connectivity index (χ0n) is 27.8. The van der Waals surface area contributed by atoms with Crippen molar-refractivity contribution in [2.75, 3.05) is 59.2 Å². The Labute approximate surface area is 303 Å². The van der Waals surface area contributed by atoms with Crippen LogP contribution in [0.2, 0.25) is 0 Å². The molecule has 5 aromatic carbocycles. The monoisotopic (exact) mass is 706 g/mol. The molecule has 0 saturated carbocycles. The number of hydrogen-bond acceptors (Lipinski definition) is 6. The first-order valence-corrected chi connectivity index (χ1v) is 21.1. The Kier molecular flexibility index (Phi) is 15.2. The summed E-state index contributed by atoms with van der Waals surface area (Å²) in [6, 6.07) is 32.9. The number of benzene rings is 5. The van der Waals surface area contributed by atoms with Gasteiger partial charge in [0.15, 0.2) is 0 Å². The Morgan fingerprint density at radius 3 is 1.33 bits per heavy atom. The van der Waals surface area contributed by atoms with Gasteiger partial charge in [-0.1, -0.05) is 98.2 Å². The lowest BCUT2D eigenvalue weighted by Gasteiger charge is -2.18. The SMILES string of the molecule is CCSCCSCCOc1cccc2c(C#Cc3ccccc3)c3cccc(OCCSCCSCC)c3c(C#Cc3ccccc3)c12. The van der Waals surface area contributed by atoms with Crippen LogP contribution in [0.25, 0.3) is 21.5 Å². The van der Waals surface area contributed by atoms with Crippen molar-refractivity contribution in [2.24, 2.45) is 0 Å². The van der Waals surface area contributed by atoms with Crippen molar-refractivity contribution in [2.45, 2.75) is 13.8 Å². The first kappa shape index (κ1) is 36.0.